The molecule has 2 heterocycles. The van der Waals surface area contributed by atoms with Gasteiger partial charge in [0.2, 0.25) is 5.95 Å². The van der Waals surface area contributed by atoms with E-state index in [4.69, 9.17) is 5.73 Å². The summed E-state index contributed by atoms with van der Waals surface area (Å²) in [6.07, 6.45) is 3.44. The molecule has 5 heteroatoms. The van der Waals surface area contributed by atoms with Gasteiger partial charge < -0.3 is 10.6 Å². The fourth-order valence-electron chi connectivity index (χ4n) is 2.16. The van der Waals surface area contributed by atoms with Gasteiger partial charge in [-0.1, -0.05) is 20.3 Å². The molecule has 19 heavy (non-hydrogen) atoms. The van der Waals surface area contributed by atoms with Crippen molar-refractivity contribution in [2.45, 2.75) is 46.1 Å². The van der Waals surface area contributed by atoms with Crippen molar-refractivity contribution in [3.8, 4) is 0 Å². The summed E-state index contributed by atoms with van der Waals surface area (Å²) >= 11 is 1.62. The zero-order valence-electron chi connectivity index (χ0n) is 11.9. The summed E-state index contributed by atoms with van der Waals surface area (Å²) in [4.78, 5) is 12.1. The van der Waals surface area contributed by atoms with Gasteiger partial charge in [-0.25, -0.2) is 4.98 Å². The molecular weight excluding hydrogens is 256 g/mol. The van der Waals surface area contributed by atoms with Crippen LogP contribution in [-0.4, -0.2) is 22.6 Å². The molecule has 2 rings (SSSR count). The van der Waals surface area contributed by atoms with Crippen LogP contribution in [0.25, 0.3) is 10.2 Å². The Morgan fingerprint density at radius 1 is 1.37 bits per heavy atom. The standard InChI is InChI=1S/C14H22N4S/c1-4-6-8-18(10(3)5-2)12-11-7-9-19-13(11)17-14(15)16-12/h7,9-10H,4-6,8H2,1-3H3,(H2,15,16,17). The Balaban J connectivity index is 2.44. The Morgan fingerprint density at radius 2 is 2.16 bits per heavy atom. The molecule has 0 bridgehead atoms. The van der Waals surface area contributed by atoms with Gasteiger partial charge in [0.15, 0.2) is 0 Å². The van der Waals surface area contributed by atoms with Crippen molar-refractivity contribution < 1.29 is 0 Å². The lowest BCUT2D eigenvalue weighted by molar-refractivity contribution is 0.591. The predicted molar refractivity (Wildman–Crippen MR) is 83.8 cm³/mol. The number of anilines is 2. The average molecular weight is 278 g/mol. The maximum Gasteiger partial charge on any atom is 0.223 e. The van der Waals surface area contributed by atoms with Crippen molar-refractivity contribution in [2.24, 2.45) is 0 Å². The van der Waals surface area contributed by atoms with Gasteiger partial charge in [-0.15, -0.1) is 11.3 Å². The number of hydrogen-bond acceptors (Lipinski definition) is 5. The number of unbranched alkanes of at least 4 members (excludes halogenated alkanes) is 1. The molecule has 4 nitrogen and oxygen atoms in total. The lowest BCUT2D eigenvalue weighted by Gasteiger charge is -2.30. The molecule has 0 fully saturated rings. The van der Waals surface area contributed by atoms with Crippen LogP contribution in [0, 0.1) is 0 Å². The lowest BCUT2D eigenvalue weighted by atomic mass is 10.2. The Kier molecular flexibility index (Phi) is 4.58. The number of nitrogen functional groups attached to an aromatic ring is 1. The van der Waals surface area contributed by atoms with E-state index in [9.17, 15) is 0 Å². The van der Waals surface area contributed by atoms with E-state index < -0.39 is 0 Å². The minimum Gasteiger partial charge on any atom is -0.368 e. The molecule has 2 aromatic rings. The molecule has 0 saturated heterocycles. The van der Waals surface area contributed by atoms with E-state index >= 15 is 0 Å². The molecule has 104 valence electrons. The van der Waals surface area contributed by atoms with Crippen LogP contribution in [0.4, 0.5) is 11.8 Å². The molecule has 1 atom stereocenters. The van der Waals surface area contributed by atoms with Gasteiger partial charge in [0.05, 0.1) is 5.39 Å². The van der Waals surface area contributed by atoms with Crippen molar-refractivity contribution in [1.29, 1.82) is 0 Å². The average Bonchev–Trinajstić information content (AvgIpc) is 2.86. The first-order valence-electron chi connectivity index (χ1n) is 6.94. The first-order chi connectivity index (χ1) is 9.17. The summed E-state index contributed by atoms with van der Waals surface area (Å²) in [7, 11) is 0. The highest BCUT2D eigenvalue weighted by Gasteiger charge is 2.18. The number of nitrogens with zero attached hydrogens (tertiary/aromatic N) is 3. The molecule has 0 radical (unpaired) electrons. The summed E-state index contributed by atoms with van der Waals surface area (Å²) in [5.41, 5.74) is 5.85. The minimum atomic E-state index is 0.370. The number of hydrogen-bond donors (Lipinski definition) is 1. The van der Waals surface area contributed by atoms with Gasteiger partial charge in [-0.3, -0.25) is 0 Å². The van der Waals surface area contributed by atoms with E-state index in [2.05, 4.69) is 47.1 Å². The zero-order chi connectivity index (χ0) is 13.8. The van der Waals surface area contributed by atoms with Crippen LogP contribution in [0.2, 0.25) is 0 Å². The third-order valence-electron chi connectivity index (χ3n) is 3.47. The smallest absolute Gasteiger partial charge is 0.223 e. The highest BCUT2D eigenvalue weighted by atomic mass is 32.1. The molecule has 0 aliphatic heterocycles. The summed E-state index contributed by atoms with van der Waals surface area (Å²) < 4.78 is 0. The Labute approximate surface area is 118 Å². The zero-order valence-corrected chi connectivity index (χ0v) is 12.7. The van der Waals surface area contributed by atoms with E-state index in [1.807, 2.05) is 0 Å². The van der Waals surface area contributed by atoms with Crippen LogP contribution in [0.15, 0.2) is 11.4 Å². The van der Waals surface area contributed by atoms with Gasteiger partial charge >= 0.3 is 0 Å². The summed E-state index contributed by atoms with van der Waals surface area (Å²) in [5, 5.41) is 3.17. The van der Waals surface area contributed by atoms with Crippen LogP contribution < -0.4 is 10.6 Å². The van der Waals surface area contributed by atoms with Crippen molar-refractivity contribution in [1.82, 2.24) is 9.97 Å². The maximum atomic E-state index is 5.85. The van der Waals surface area contributed by atoms with Crippen molar-refractivity contribution in [2.75, 3.05) is 17.2 Å². The third kappa shape index (κ3) is 2.97. The van der Waals surface area contributed by atoms with Crippen LogP contribution in [0.5, 0.6) is 0 Å². The first-order valence-corrected chi connectivity index (χ1v) is 7.82. The molecule has 0 aliphatic carbocycles. The minimum absolute atomic E-state index is 0.370. The number of aromatic nitrogens is 2. The molecular formula is C14H22N4S. The summed E-state index contributed by atoms with van der Waals surface area (Å²) in [6, 6.07) is 2.56. The summed E-state index contributed by atoms with van der Waals surface area (Å²) in [5.74, 6) is 1.36. The number of thiophene rings is 1. The fraction of sp³-hybridized carbons (Fsp3) is 0.571. The molecule has 2 N–H and O–H groups in total. The monoisotopic (exact) mass is 278 g/mol. The third-order valence-corrected chi connectivity index (χ3v) is 4.28. The Bertz CT molecular complexity index is 537. The lowest BCUT2D eigenvalue weighted by Crippen LogP contribution is -2.34. The second kappa shape index (κ2) is 6.19. The topological polar surface area (TPSA) is 55.0 Å². The van der Waals surface area contributed by atoms with Crippen molar-refractivity contribution >= 4 is 33.3 Å². The summed E-state index contributed by atoms with van der Waals surface area (Å²) in [6.45, 7) is 7.68. The SMILES string of the molecule is CCCCN(c1nc(N)nc2sccc12)C(C)CC. The molecule has 0 amide bonds. The quantitative estimate of drug-likeness (QED) is 0.875. The Morgan fingerprint density at radius 3 is 2.84 bits per heavy atom. The van der Waals surface area contributed by atoms with E-state index in [-0.39, 0.29) is 0 Å². The second-order valence-electron chi connectivity index (χ2n) is 4.85. The van der Waals surface area contributed by atoms with Gasteiger partial charge in [0, 0.05) is 12.6 Å². The highest BCUT2D eigenvalue weighted by Crippen LogP contribution is 2.30. The van der Waals surface area contributed by atoms with E-state index in [1.54, 1.807) is 11.3 Å². The molecule has 0 spiro atoms. The van der Waals surface area contributed by atoms with Gasteiger partial charge in [-0.2, -0.15) is 4.98 Å². The predicted octanol–water partition coefficient (Wildman–Crippen LogP) is 3.68. The van der Waals surface area contributed by atoms with Crippen LogP contribution in [-0.2, 0) is 0 Å². The first kappa shape index (κ1) is 14.1. The molecule has 0 saturated carbocycles. The van der Waals surface area contributed by atoms with Crippen molar-refractivity contribution in [3.63, 3.8) is 0 Å². The van der Waals surface area contributed by atoms with Gasteiger partial charge in [0.1, 0.15) is 10.6 Å². The Hall–Kier alpha value is -1.36. The van der Waals surface area contributed by atoms with E-state index in [0.717, 1.165) is 29.0 Å². The number of fused-ring (bicyclic) bond motifs is 1. The highest BCUT2D eigenvalue weighted by molar-refractivity contribution is 7.16. The molecule has 0 aliphatic rings. The fourth-order valence-corrected chi connectivity index (χ4v) is 2.92. The second-order valence-corrected chi connectivity index (χ2v) is 5.74. The largest absolute Gasteiger partial charge is 0.368 e. The van der Waals surface area contributed by atoms with Crippen LogP contribution in [0.1, 0.15) is 40.0 Å². The van der Waals surface area contributed by atoms with Gasteiger partial charge in [-0.05, 0) is 31.2 Å². The van der Waals surface area contributed by atoms with E-state index in [1.165, 1.54) is 12.8 Å². The van der Waals surface area contributed by atoms with Crippen LogP contribution in [0.3, 0.4) is 0 Å². The van der Waals surface area contributed by atoms with Gasteiger partial charge in [0.25, 0.3) is 0 Å². The molecule has 2 aromatic heterocycles. The molecule has 0 aromatic carbocycles. The number of rotatable bonds is 6. The normalized spacial score (nSPS) is 12.8. The van der Waals surface area contributed by atoms with Crippen LogP contribution >= 0.6 is 11.3 Å². The van der Waals surface area contributed by atoms with E-state index in [0.29, 0.717) is 12.0 Å². The maximum absolute atomic E-state index is 5.85. The number of nitrogens with two attached hydrogens (primary N) is 1. The van der Waals surface area contributed by atoms with Crippen molar-refractivity contribution in [3.05, 3.63) is 11.4 Å². The molecule has 1 unspecified atom stereocenters.